The molecule has 0 aliphatic rings. The quantitative estimate of drug-likeness (QED) is 0.0201. The predicted octanol–water partition coefficient (Wildman–Crippen LogP) is 10.9. The zero-order valence-corrected chi connectivity index (χ0v) is 35.2. The number of esters is 2. The fourth-order valence-electron chi connectivity index (χ4n) is 5.63. The van der Waals surface area contributed by atoms with E-state index in [1.165, 1.54) is 96.3 Å². The number of hydrogen-bond acceptors (Lipinski definition) is 8. The summed E-state index contributed by atoms with van der Waals surface area (Å²) in [6.45, 7) is 4.18. The Morgan fingerprint density at radius 3 is 1.56 bits per heavy atom. The minimum atomic E-state index is -4.62. The van der Waals surface area contributed by atoms with Crippen LogP contribution in [0.2, 0.25) is 0 Å². The van der Waals surface area contributed by atoms with Gasteiger partial charge in [-0.2, -0.15) is 0 Å². The SMILES string of the molecule is CCCCC/C=C\C/C=C\CCCCCCCCCC(=O)O[C@H](COC(=O)CCCCCCCCCCCCC)COP(=O)([O-])OCC[N+](C)(C)C. The summed E-state index contributed by atoms with van der Waals surface area (Å²) in [7, 11) is 1.16. The normalized spacial score (nSPS) is 13.9. The number of allylic oxidation sites excluding steroid dienone is 4. The number of unbranched alkanes of at least 4 members (excludes halogenated alkanes) is 20. The van der Waals surface area contributed by atoms with Crippen molar-refractivity contribution in [1.82, 2.24) is 0 Å². The molecule has 0 saturated carbocycles. The average molecular weight is 758 g/mol. The van der Waals surface area contributed by atoms with Crippen molar-refractivity contribution in [2.24, 2.45) is 0 Å². The molecule has 0 N–H and O–H groups in total. The molecule has 0 bridgehead atoms. The van der Waals surface area contributed by atoms with Crippen LogP contribution in [-0.2, 0) is 32.7 Å². The predicted molar refractivity (Wildman–Crippen MR) is 213 cm³/mol. The topological polar surface area (TPSA) is 111 Å². The molecule has 0 rings (SSSR count). The van der Waals surface area contributed by atoms with Crippen LogP contribution in [0.1, 0.15) is 181 Å². The number of ether oxygens (including phenoxy) is 2. The lowest BCUT2D eigenvalue weighted by Crippen LogP contribution is -2.37. The van der Waals surface area contributed by atoms with Crippen molar-refractivity contribution in [3.05, 3.63) is 24.3 Å². The molecule has 0 saturated heterocycles. The molecule has 0 heterocycles. The molecule has 1 unspecified atom stereocenters. The van der Waals surface area contributed by atoms with Crippen LogP contribution < -0.4 is 4.89 Å². The van der Waals surface area contributed by atoms with E-state index in [1.807, 2.05) is 21.1 Å². The van der Waals surface area contributed by atoms with Gasteiger partial charge in [0, 0.05) is 12.8 Å². The molecule has 0 aliphatic heterocycles. The summed E-state index contributed by atoms with van der Waals surface area (Å²) in [5.74, 6) is -0.841. The first-order valence-electron chi connectivity index (χ1n) is 21.0. The van der Waals surface area contributed by atoms with Gasteiger partial charge in [-0.1, -0.05) is 147 Å². The Kier molecular flexibility index (Phi) is 34.2. The number of rotatable bonds is 38. The monoisotopic (exact) mass is 758 g/mol. The highest BCUT2D eigenvalue weighted by molar-refractivity contribution is 7.45. The third-order valence-corrected chi connectivity index (χ3v) is 9.94. The van der Waals surface area contributed by atoms with E-state index in [-0.39, 0.29) is 32.0 Å². The van der Waals surface area contributed by atoms with Gasteiger partial charge in [-0.05, 0) is 44.9 Å². The van der Waals surface area contributed by atoms with Crippen LogP contribution >= 0.6 is 7.82 Å². The Labute approximate surface area is 319 Å². The second-order valence-electron chi connectivity index (χ2n) is 15.4. The lowest BCUT2D eigenvalue weighted by Gasteiger charge is -2.28. The summed E-state index contributed by atoms with van der Waals surface area (Å²) >= 11 is 0. The summed E-state index contributed by atoms with van der Waals surface area (Å²) in [5, 5.41) is 0. The molecule has 0 fully saturated rings. The van der Waals surface area contributed by atoms with Gasteiger partial charge in [-0.3, -0.25) is 14.2 Å². The first-order chi connectivity index (χ1) is 25.0. The summed E-state index contributed by atoms with van der Waals surface area (Å²) in [6.07, 6.45) is 36.2. The lowest BCUT2D eigenvalue weighted by molar-refractivity contribution is -0.870. The fraction of sp³-hybridized carbons (Fsp3) is 0.857. The molecule has 0 spiro atoms. The van der Waals surface area contributed by atoms with Crippen molar-refractivity contribution in [3.63, 3.8) is 0 Å². The Bertz CT molecular complexity index is 949. The maximum absolute atomic E-state index is 12.6. The Balaban J connectivity index is 4.38. The Morgan fingerprint density at radius 1 is 0.596 bits per heavy atom. The van der Waals surface area contributed by atoms with Gasteiger partial charge in [0.25, 0.3) is 7.82 Å². The molecule has 9 nitrogen and oxygen atoms in total. The molecular weight excluding hydrogens is 677 g/mol. The number of nitrogens with zero attached hydrogens (tertiary/aromatic N) is 1. The largest absolute Gasteiger partial charge is 0.756 e. The average Bonchev–Trinajstić information content (AvgIpc) is 3.09. The van der Waals surface area contributed by atoms with Crippen LogP contribution in [0.4, 0.5) is 0 Å². The molecule has 52 heavy (non-hydrogen) atoms. The zero-order chi connectivity index (χ0) is 38.6. The molecule has 306 valence electrons. The van der Waals surface area contributed by atoms with Gasteiger partial charge in [-0.25, -0.2) is 0 Å². The van der Waals surface area contributed by atoms with Gasteiger partial charge in [0.1, 0.15) is 19.8 Å². The molecule has 0 aliphatic carbocycles. The van der Waals surface area contributed by atoms with Crippen molar-refractivity contribution in [3.8, 4) is 0 Å². The molecule has 0 aromatic carbocycles. The number of likely N-dealkylation sites (N-methyl/N-ethyl adjacent to an activating group) is 1. The highest BCUT2D eigenvalue weighted by Crippen LogP contribution is 2.38. The molecule has 0 amide bonds. The minimum absolute atomic E-state index is 0.0309. The molecule has 10 heteroatoms. The second-order valence-corrected chi connectivity index (χ2v) is 16.8. The smallest absolute Gasteiger partial charge is 0.306 e. The van der Waals surface area contributed by atoms with Gasteiger partial charge < -0.3 is 27.9 Å². The van der Waals surface area contributed by atoms with Gasteiger partial charge in [0.05, 0.1) is 27.7 Å². The summed E-state index contributed by atoms with van der Waals surface area (Å²) < 4.78 is 33.8. The Hall–Kier alpha value is -1.51. The van der Waals surface area contributed by atoms with Crippen molar-refractivity contribution >= 4 is 19.8 Å². The van der Waals surface area contributed by atoms with Crippen LogP contribution in [0.25, 0.3) is 0 Å². The van der Waals surface area contributed by atoms with Gasteiger partial charge >= 0.3 is 11.9 Å². The number of carbonyl (C=O) groups is 2. The minimum Gasteiger partial charge on any atom is -0.756 e. The third kappa shape index (κ3) is 38.2. The molecule has 0 radical (unpaired) electrons. The van der Waals surface area contributed by atoms with Crippen LogP contribution in [0.3, 0.4) is 0 Å². The van der Waals surface area contributed by atoms with Crippen LogP contribution in [0.5, 0.6) is 0 Å². The van der Waals surface area contributed by atoms with E-state index in [4.69, 9.17) is 18.5 Å². The van der Waals surface area contributed by atoms with E-state index >= 15 is 0 Å². The number of phosphoric acid groups is 1. The first kappa shape index (κ1) is 50.5. The molecule has 0 aromatic heterocycles. The van der Waals surface area contributed by atoms with Crippen LogP contribution in [0, 0.1) is 0 Å². The third-order valence-electron chi connectivity index (χ3n) is 8.97. The van der Waals surface area contributed by atoms with Crippen LogP contribution in [0.15, 0.2) is 24.3 Å². The van der Waals surface area contributed by atoms with Gasteiger partial charge in [0.15, 0.2) is 6.10 Å². The van der Waals surface area contributed by atoms with Crippen molar-refractivity contribution < 1.29 is 42.1 Å². The second kappa shape index (κ2) is 35.2. The summed E-state index contributed by atoms with van der Waals surface area (Å²) in [6, 6.07) is 0. The number of carbonyl (C=O) groups excluding carboxylic acids is 2. The Morgan fingerprint density at radius 2 is 1.04 bits per heavy atom. The van der Waals surface area contributed by atoms with Gasteiger partial charge in [0.2, 0.25) is 0 Å². The maximum atomic E-state index is 12.6. The standard InChI is InChI=1S/C42H80NO8P/c1-6-8-10-12-14-16-18-19-20-21-22-23-25-27-29-31-33-35-42(45)51-40(39-50-52(46,47)49-37-36-43(3,4)5)38-48-41(44)34-32-30-28-26-24-17-15-13-11-9-7-2/h14,16,19-20,40H,6-13,15,17-18,21-39H2,1-5H3/b16-14-,20-19-/t40-/m1/s1. The van der Waals surface area contributed by atoms with Crippen molar-refractivity contribution in [1.29, 1.82) is 0 Å². The molecular formula is C42H80NO8P. The number of quaternary nitrogens is 1. The van der Waals surface area contributed by atoms with Crippen molar-refractivity contribution in [2.75, 3.05) is 47.5 Å². The first-order valence-corrected chi connectivity index (χ1v) is 22.5. The number of phosphoric ester groups is 1. The molecule has 2 atom stereocenters. The summed E-state index contributed by atoms with van der Waals surface area (Å²) in [5.41, 5.74) is 0. The van der Waals surface area contributed by atoms with Gasteiger partial charge in [-0.15, -0.1) is 0 Å². The van der Waals surface area contributed by atoms with E-state index in [0.717, 1.165) is 51.4 Å². The van der Waals surface area contributed by atoms with E-state index in [1.54, 1.807) is 0 Å². The van der Waals surface area contributed by atoms with Crippen molar-refractivity contribution in [2.45, 2.75) is 187 Å². The van der Waals surface area contributed by atoms with Crippen LogP contribution in [-0.4, -0.2) is 70.0 Å². The molecule has 0 aromatic rings. The van der Waals surface area contributed by atoms with E-state index < -0.39 is 26.5 Å². The van der Waals surface area contributed by atoms with E-state index in [2.05, 4.69) is 38.2 Å². The highest BCUT2D eigenvalue weighted by Gasteiger charge is 2.21. The lowest BCUT2D eigenvalue weighted by atomic mass is 10.1. The number of hydrogen-bond donors (Lipinski definition) is 0. The fourth-order valence-corrected chi connectivity index (χ4v) is 6.35. The maximum Gasteiger partial charge on any atom is 0.306 e. The zero-order valence-electron chi connectivity index (χ0n) is 34.3. The van der Waals surface area contributed by atoms with E-state index in [9.17, 15) is 19.0 Å². The van der Waals surface area contributed by atoms with E-state index in [0.29, 0.717) is 17.4 Å². The highest BCUT2D eigenvalue weighted by atomic mass is 31.2. The summed E-state index contributed by atoms with van der Waals surface area (Å²) in [4.78, 5) is 37.4.